The summed E-state index contributed by atoms with van der Waals surface area (Å²) in [4.78, 5) is 23.0. The van der Waals surface area contributed by atoms with Crippen LogP contribution in [0.15, 0.2) is 64.6 Å². The van der Waals surface area contributed by atoms with Gasteiger partial charge in [0.15, 0.2) is 0 Å². The van der Waals surface area contributed by atoms with Gasteiger partial charge in [-0.25, -0.2) is 5.43 Å². The number of allylic oxidation sites excluding steroid dienone is 1. The van der Waals surface area contributed by atoms with E-state index >= 15 is 0 Å². The van der Waals surface area contributed by atoms with E-state index < -0.39 is 0 Å². The quantitative estimate of drug-likeness (QED) is 0.686. The lowest BCUT2D eigenvalue weighted by molar-refractivity contribution is 0.0954. The lowest BCUT2D eigenvalue weighted by Gasteiger charge is -2.01. The number of aromatic nitrogens is 1. The van der Waals surface area contributed by atoms with E-state index in [9.17, 15) is 9.59 Å². The van der Waals surface area contributed by atoms with Crippen LogP contribution in [0.2, 0.25) is 0 Å². The Kier molecular flexibility index (Phi) is 4.82. The smallest absolute Gasteiger partial charge is 0.272 e. The zero-order valence-electron chi connectivity index (χ0n) is 11.6. The Morgan fingerprint density at radius 3 is 2.67 bits per heavy atom. The third-order valence-corrected chi connectivity index (χ3v) is 2.76. The van der Waals surface area contributed by atoms with Crippen LogP contribution >= 0.6 is 0 Å². The number of hydrogen-bond acceptors (Lipinski definition) is 3. The maximum atomic E-state index is 11.8. The molecular weight excluding hydrogens is 266 g/mol. The van der Waals surface area contributed by atoms with Gasteiger partial charge in [0, 0.05) is 25.5 Å². The molecule has 0 unspecified atom stereocenters. The van der Waals surface area contributed by atoms with Crippen molar-refractivity contribution in [2.75, 3.05) is 0 Å². The standard InChI is InChI=1S/C16H15N3O2/c1-19-12-14(9-10-15(19)20)16(21)18-17-11-5-8-13-6-3-2-4-7-13/h2-12H,1H3,(H,18,21)/b8-5+,17-11?. The van der Waals surface area contributed by atoms with Gasteiger partial charge in [0.25, 0.3) is 5.91 Å². The molecule has 0 atom stereocenters. The van der Waals surface area contributed by atoms with Gasteiger partial charge in [-0.15, -0.1) is 0 Å². The Hall–Kier alpha value is -2.95. The van der Waals surface area contributed by atoms with E-state index in [1.54, 1.807) is 13.1 Å². The van der Waals surface area contributed by atoms with Crippen LogP contribution < -0.4 is 11.0 Å². The van der Waals surface area contributed by atoms with Gasteiger partial charge in [0.1, 0.15) is 0 Å². The number of hydrogen-bond donors (Lipinski definition) is 1. The average Bonchev–Trinajstić information content (AvgIpc) is 2.50. The first kappa shape index (κ1) is 14.5. The lowest BCUT2D eigenvalue weighted by Crippen LogP contribution is -2.22. The summed E-state index contributed by atoms with van der Waals surface area (Å²) >= 11 is 0. The van der Waals surface area contributed by atoms with Gasteiger partial charge < -0.3 is 4.57 Å². The molecule has 2 rings (SSSR count). The van der Waals surface area contributed by atoms with Crippen LogP contribution in [0.3, 0.4) is 0 Å². The minimum absolute atomic E-state index is 0.166. The van der Waals surface area contributed by atoms with Crippen molar-refractivity contribution in [3.05, 3.63) is 76.2 Å². The number of amides is 1. The molecule has 2 aromatic rings. The van der Waals surface area contributed by atoms with Crippen LogP contribution in [0, 0.1) is 0 Å². The first-order valence-corrected chi connectivity index (χ1v) is 6.38. The first-order chi connectivity index (χ1) is 10.2. The predicted octanol–water partition coefficient (Wildman–Crippen LogP) is 1.81. The van der Waals surface area contributed by atoms with Crippen LogP contribution in [0.5, 0.6) is 0 Å². The second-order valence-corrected chi connectivity index (χ2v) is 4.36. The normalized spacial score (nSPS) is 11.1. The first-order valence-electron chi connectivity index (χ1n) is 6.38. The number of carbonyl (C=O) groups excluding carboxylic acids is 1. The van der Waals surface area contributed by atoms with Gasteiger partial charge in [0.2, 0.25) is 5.56 Å². The molecule has 1 N–H and O–H groups in total. The van der Waals surface area contributed by atoms with Crippen LogP contribution in [-0.2, 0) is 7.05 Å². The molecule has 0 saturated carbocycles. The van der Waals surface area contributed by atoms with Gasteiger partial charge >= 0.3 is 0 Å². The largest absolute Gasteiger partial charge is 0.318 e. The minimum Gasteiger partial charge on any atom is -0.318 e. The molecule has 106 valence electrons. The molecule has 0 radical (unpaired) electrons. The van der Waals surface area contributed by atoms with E-state index in [1.165, 1.54) is 29.1 Å². The number of hydrazone groups is 1. The third-order valence-electron chi connectivity index (χ3n) is 2.76. The fourth-order valence-electron chi connectivity index (χ4n) is 1.65. The predicted molar refractivity (Wildman–Crippen MR) is 83.1 cm³/mol. The van der Waals surface area contributed by atoms with Crippen molar-refractivity contribution in [3.63, 3.8) is 0 Å². The molecule has 1 aromatic carbocycles. The second-order valence-electron chi connectivity index (χ2n) is 4.36. The molecule has 0 bridgehead atoms. The number of nitrogens with zero attached hydrogens (tertiary/aromatic N) is 2. The molecule has 5 nitrogen and oxygen atoms in total. The summed E-state index contributed by atoms with van der Waals surface area (Å²) < 4.78 is 1.34. The van der Waals surface area contributed by atoms with E-state index in [2.05, 4.69) is 10.5 Å². The topological polar surface area (TPSA) is 63.5 Å². The van der Waals surface area contributed by atoms with Crippen molar-refractivity contribution < 1.29 is 4.79 Å². The van der Waals surface area contributed by atoms with Crippen LogP contribution in [0.4, 0.5) is 0 Å². The maximum absolute atomic E-state index is 11.8. The summed E-state index contributed by atoms with van der Waals surface area (Å²) in [5.74, 6) is -0.366. The highest BCUT2D eigenvalue weighted by Gasteiger charge is 2.04. The van der Waals surface area contributed by atoms with E-state index in [1.807, 2.05) is 36.4 Å². The highest BCUT2D eigenvalue weighted by atomic mass is 16.2. The second kappa shape index (κ2) is 7.00. The summed E-state index contributed by atoms with van der Waals surface area (Å²) in [7, 11) is 1.59. The van der Waals surface area contributed by atoms with E-state index in [4.69, 9.17) is 0 Å². The van der Waals surface area contributed by atoms with Crippen molar-refractivity contribution in [1.82, 2.24) is 9.99 Å². The van der Waals surface area contributed by atoms with E-state index in [0.717, 1.165) is 5.56 Å². The van der Waals surface area contributed by atoms with Crippen LogP contribution in [-0.4, -0.2) is 16.7 Å². The number of pyridine rings is 1. The monoisotopic (exact) mass is 281 g/mol. The highest BCUT2D eigenvalue weighted by Crippen LogP contribution is 1.99. The summed E-state index contributed by atoms with van der Waals surface area (Å²) in [6.45, 7) is 0. The Morgan fingerprint density at radius 1 is 1.19 bits per heavy atom. The number of nitrogens with one attached hydrogen (secondary N) is 1. The number of carbonyl (C=O) groups is 1. The molecule has 0 saturated heterocycles. The minimum atomic E-state index is -0.366. The van der Waals surface area contributed by atoms with Crippen molar-refractivity contribution in [2.45, 2.75) is 0 Å². The van der Waals surface area contributed by atoms with Gasteiger partial charge in [0.05, 0.1) is 5.56 Å². The molecule has 1 aromatic heterocycles. The van der Waals surface area contributed by atoms with Crippen LogP contribution in [0.1, 0.15) is 15.9 Å². The molecule has 0 aliphatic carbocycles. The molecule has 1 heterocycles. The number of aryl methyl sites for hydroxylation is 1. The zero-order valence-corrected chi connectivity index (χ0v) is 11.6. The van der Waals surface area contributed by atoms with Gasteiger partial charge in [-0.1, -0.05) is 36.4 Å². The molecule has 0 spiro atoms. The fraction of sp³-hybridized carbons (Fsp3) is 0.0625. The molecule has 21 heavy (non-hydrogen) atoms. The Bertz CT molecular complexity index is 731. The van der Waals surface area contributed by atoms with Crippen molar-refractivity contribution >= 4 is 18.2 Å². The highest BCUT2D eigenvalue weighted by molar-refractivity contribution is 5.94. The summed E-state index contributed by atoms with van der Waals surface area (Å²) in [5, 5.41) is 3.82. The van der Waals surface area contributed by atoms with Gasteiger partial charge in [-0.2, -0.15) is 5.10 Å². The Balaban J connectivity index is 1.91. The third kappa shape index (κ3) is 4.28. The summed E-state index contributed by atoms with van der Waals surface area (Å²) in [5.41, 5.74) is 3.66. The Morgan fingerprint density at radius 2 is 1.95 bits per heavy atom. The molecule has 0 fully saturated rings. The number of benzene rings is 1. The van der Waals surface area contributed by atoms with Crippen LogP contribution in [0.25, 0.3) is 6.08 Å². The maximum Gasteiger partial charge on any atom is 0.272 e. The molecule has 0 aliphatic heterocycles. The molecular formula is C16H15N3O2. The molecule has 0 aliphatic rings. The zero-order chi connectivity index (χ0) is 15.1. The summed E-state index contributed by atoms with van der Waals surface area (Å²) in [6.07, 6.45) is 6.57. The summed E-state index contributed by atoms with van der Waals surface area (Å²) in [6, 6.07) is 12.6. The van der Waals surface area contributed by atoms with Gasteiger partial charge in [-0.3, -0.25) is 9.59 Å². The molecule has 1 amide bonds. The molecule has 5 heteroatoms. The van der Waals surface area contributed by atoms with Crippen molar-refractivity contribution in [3.8, 4) is 0 Å². The SMILES string of the molecule is Cn1cc(C(=O)NN=C/C=C/c2ccccc2)ccc1=O. The average molecular weight is 281 g/mol. The van der Waals surface area contributed by atoms with Gasteiger partial charge in [-0.05, 0) is 17.7 Å². The van der Waals surface area contributed by atoms with E-state index in [0.29, 0.717) is 5.56 Å². The fourth-order valence-corrected chi connectivity index (χ4v) is 1.65. The van der Waals surface area contributed by atoms with E-state index in [-0.39, 0.29) is 11.5 Å². The number of rotatable bonds is 4. The van der Waals surface area contributed by atoms with Crippen molar-refractivity contribution in [1.29, 1.82) is 0 Å². The lowest BCUT2D eigenvalue weighted by atomic mass is 10.2. The van der Waals surface area contributed by atoms with Crippen molar-refractivity contribution in [2.24, 2.45) is 12.1 Å². The Labute approximate surface area is 122 Å².